The lowest BCUT2D eigenvalue weighted by Crippen LogP contribution is -2.56. The molecule has 0 aromatic carbocycles. The van der Waals surface area contributed by atoms with Gasteiger partial charge in [-0.3, -0.25) is 10.1 Å². The van der Waals surface area contributed by atoms with E-state index in [2.05, 4.69) is 24.5 Å². The zero-order valence-corrected chi connectivity index (χ0v) is 8.32. The Morgan fingerprint density at radius 1 is 1.25 bits per heavy atom. The number of carbonyl (C=O) groups is 1. The van der Waals surface area contributed by atoms with Crippen LogP contribution in [0.3, 0.4) is 0 Å². The fourth-order valence-electron chi connectivity index (χ4n) is 1.67. The first-order valence-corrected chi connectivity index (χ1v) is 4.37. The van der Waals surface area contributed by atoms with Crippen LogP contribution in [0.4, 0.5) is 0 Å². The predicted octanol–water partition coefficient (Wildman–Crippen LogP) is 0.305. The first-order chi connectivity index (χ1) is 5.33. The van der Waals surface area contributed by atoms with Gasteiger partial charge >= 0.3 is 0 Å². The molecule has 1 saturated heterocycles. The first-order valence-electron chi connectivity index (χ1n) is 4.37. The summed E-state index contributed by atoms with van der Waals surface area (Å²) in [5.74, 6) is 0.230. The second-order valence-electron chi connectivity index (χ2n) is 4.66. The van der Waals surface area contributed by atoms with Gasteiger partial charge in [-0.25, -0.2) is 0 Å². The Labute approximate surface area is 73.9 Å². The number of Topliss-reactive ketones (excluding diaryl/α,β-unsaturated/α-hetero) is 1. The maximum Gasteiger partial charge on any atom is 0.165 e. The van der Waals surface area contributed by atoms with Crippen LogP contribution in [-0.2, 0) is 4.79 Å². The number of ketones is 1. The number of rotatable bonds is 0. The second kappa shape index (κ2) is 2.82. The van der Waals surface area contributed by atoms with Crippen LogP contribution in [0.2, 0.25) is 0 Å². The third kappa shape index (κ3) is 2.05. The normalized spacial score (nSPS) is 28.2. The molecular formula is C9H18N2O. The Kier molecular flexibility index (Phi) is 2.27. The standard InChI is InChI=1S/C9H18N2O/c1-8(2)6-10-5-7(12)9(3,4)11-8/h10-11H,5-6H2,1-4H3. The van der Waals surface area contributed by atoms with Crippen LogP contribution in [0.1, 0.15) is 27.7 Å². The topological polar surface area (TPSA) is 41.1 Å². The van der Waals surface area contributed by atoms with Crippen molar-refractivity contribution in [2.75, 3.05) is 13.1 Å². The molecule has 0 saturated carbocycles. The number of carbonyl (C=O) groups excluding carboxylic acids is 1. The molecule has 0 amide bonds. The number of hydrogen-bond acceptors (Lipinski definition) is 3. The van der Waals surface area contributed by atoms with Crippen molar-refractivity contribution in [3.63, 3.8) is 0 Å². The SMILES string of the molecule is CC1(C)CNCC(=O)C(C)(C)N1. The van der Waals surface area contributed by atoms with Crippen LogP contribution in [0.5, 0.6) is 0 Å². The minimum absolute atomic E-state index is 0.00431. The van der Waals surface area contributed by atoms with Crippen LogP contribution < -0.4 is 10.6 Å². The Morgan fingerprint density at radius 3 is 2.42 bits per heavy atom. The Balaban J connectivity index is 2.80. The Morgan fingerprint density at radius 2 is 1.83 bits per heavy atom. The van der Waals surface area contributed by atoms with E-state index >= 15 is 0 Å². The van der Waals surface area contributed by atoms with Crippen molar-refractivity contribution in [2.24, 2.45) is 0 Å². The van der Waals surface area contributed by atoms with Crippen molar-refractivity contribution >= 4 is 5.78 Å². The van der Waals surface area contributed by atoms with Crippen molar-refractivity contribution in [3.05, 3.63) is 0 Å². The molecule has 70 valence electrons. The zero-order valence-electron chi connectivity index (χ0n) is 8.32. The molecule has 0 aliphatic carbocycles. The number of nitrogens with one attached hydrogen (secondary N) is 2. The molecule has 1 rings (SSSR count). The smallest absolute Gasteiger partial charge is 0.165 e. The molecule has 0 spiro atoms. The molecule has 1 aliphatic rings. The highest BCUT2D eigenvalue weighted by molar-refractivity contribution is 5.89. The van der Waals surface area contributed by atoms with Crippen LogP contribution in [0.15, 0.2) is 0 Å². The molecule has 12 heavy (non-hydrogen) atoms. The van der Waals surface area contributed by atoms with Crippen molar-refractivity contribution in [2.45, 2.75) is 38.8 Å². The van der Waals surface area contributed by atoms with E-state index < -0.39 is 5.54 Å². The van der Waals surface area contributed by atoms with E-state index in [1.165, 1.54) is 0 Å². The molecule has 0 radical (unpaired) electrons. The summed E-state index contributed by atoms with van der Waals surface area (Å²) in [5.41, 5.74) is -0.400. The average molecular weight is 170 g/mol. The molecule has 1 aliphatic heterocycles. The lowest BCUT2D eigenvalue weighted by molar-refractivity contribution is -0.123. The average Bonchev–Trinajstić information content (AvgIpc) is 1.90. The van der Waals surface area contributed by atoms with Gasteiger partial charge in [-0.05, 0) is 27.7 Å². The van der Waals surface area contributed by atoms with E-state index in [9.17, 15) is 4.79 Å². The van der Waals surface area contributed by atoms with Crippen molar-refractivity contribution < 1.29 is 4.79 Å². The molecule has 0 atom stereocenters. The third-order valence-corrected chi connectivity index (χ3v) is 2.20. The molecular weight excluding hydrogens is 152 g/mol. The minimum atomic E-state index is -0.396. The summed E-state index contributed by atoms with van der Waals surface area (Å²) in [6.07, 6.45) is 0. The Bertz CT molecular complexity index is 197. The van der Waals surface area contributed by atoms with Gasteiger partial charge in [0.1, 0.15) is 0 Å². The van der Waals surface area contributed by atoms with Gasteiger partial charge in [0.2, 0.25) is 0 Å². The van der Waals surface area contributed by atoms with Crippen LogP contribution in [0.25, 0.3) is 0 Å². The van der Waals surface area contributed by atoms with Gasteiger partial charge in [0.05, 0.1) is 12.1 Å². The highest BCUT2D eigenvalue weighted by atomic mass is 16.1. The van der Waals surface area contributed by atoms with E-state index in [-0.39, 0.29) is 11.3 Å². The minimum Gasteiger partial charge on any atom is -0.308 e. The van der Waals surface area contributed by atoms with E-state index in [1.54, 1.807) is 0 Å². The van der Waals surface area contributed by atoms with Gasteiger partial charge in [-0.1, -0.05) is 0 Å². The van der Waals surface area contributed by atoms with Crippen molar-refractivity contribution in [1.29, 1.82) is 0 Å². The van der Waals surface area contributed by atoms with Gasteiger partial charge < -0.3 is 5.32 Å². The summed E-state index contributed by atoms with van der Waals surface area (Å²) in [6, 6.07) is 0. The molecule has 0 unspecified atom stereocenters. The van der Waals surface area contributed by atoms with Crippen molar-refractivity contribution in [1.82, 2.24) is 10.6 Å². The van der Waals surface area contributed by atoms with E-state index in [0.29, 0.717) is 6.54 Å². The first kappa shape index (κ1) is 9.68. The third-order valence-electron chi connectivity index (χ3n) is 2.20. The maximum absolute atomic E-state index is 11.5. The molecule has 0 aromatic rings. The summed E-state index contributed by atoms with van der Waals surface area (Å²) in [6.45, 7) is 9.38. The lowest BCUT2D eigenvalue weighted by atomic mass is 9.95. The Hall–Kier alpha value is -0.410. The summed E-state index contributed by atoms with van der Waals surface area (Å²) in [4.78, 5) is 11.5. The van der Waals surface area contributed by atoms with Crippen LogP contribution in [-0.4, -0.2) is 30.0 Å². The molecule has 0 bridgehead atoms. The highest BCUT2D eigenvalue weighted by Gasteiger charge is 2.35. The van der Waals surface area contributed by atoms with Crippen LogP contribution >= 0.6 is 0 Å². The van der Waals surface area contributed by atoms with Crippen molar-refractivity contribution in [3.8, 4) is 0 Å². The highest BCUT2D eigenvalue weighted by Crippen LogP contribution is 2.14. The van der Waals surface area contributed by atoms with Gasteiger partial charge in [0.15, 0.2) is 5.78 Å². The molecule has 3 nitrogen and oxygen atoms in total. The molecule has 1 heterocycles. The van der Waals surface area contributed by atoms with E-state index in [0.717, 1.165) is 6.54 Å². The maximum atomic E-state index is 11.5. The molecule has 1 fully saturated rings. The predicted molar refractivity (Wildman–Crippen MR) is 49.2 cm³/mol. The fourth-order valence-corrected chi connectivity index (χ4v) is 1.67. The number of hydrogen-bond donors (Lipinski definition) is 2. The van der Waals surface area contributed by atoms with Gasteiger partial charge in [0, 0.05) is 12.1 Å². The lowest BCUT2D eigenvalue weighted by Gasteiger charge is -2.32. The second-order valence-corrected chi connectivity index (χ2v) is 4.66. The summed E-state index contributed by atoms with van der Waals surface area (Å²) in [7, 11) is 0. The molecule has 2 N–H and O–H groups in total. The quantitative estimate of drug-likeness (QED) is 0.549. The summed E-state index contributed by atoms with van der Waals surface area (Å²) in [5, 5.41) is 6.46. The van der Waals surface area contributed by atoms with Crippen LogP contribution in [0, 0.1) is 0 Å². The monoisotopic (exact) mass is 170 g/mol. The van der Waals surface area contributed by atoms with Gasteiger partial charge in [-0.2, -0.15) is 0 Å². The van der Waals surface area contributed by atoms with Gasteiger partial charge in [0.25, 0.3) is 0 Å². The summed E-state index contributed by atoms with van der Waals surface area (Å²) >= 11 is 0. The van der Waals surface area contributed by atoms with Gasteiger partial charge in [-0.15, -0.1) is 0 Å². The van der Waals surface area contributed by atoms with E-state index in [1.807, 2.05) is 13.8 Å². The largest absolute Gasteiger partial charge is 0.308 e. The summed E-state index contributed by atoms with van der Waals surface area (Å²) < 4.78 is 0. The molecule has 0 aromatic heterocycles. The fraction of sp³-hybridized carbons (Fsp3) is 0.889. The van der Waals surface area contributed by atoms with E-state index in [4.69, 9.17) is 0 Å². The zero-order chi connectivity index (χ0) is 9.41. The molecule has 3 heteroatoms.